The van der Waals surface area contributed by atoms with Crippen molar-refractivity contribution in [2.75, 3.05) is 0 Å². The van der Waals surface area contributed by atoms with Gasteiger partial charge in [0.15, 0.2) is 0 Å². The number of carbonyl (C=O) groups is 1. The first-order valence-corrected chi connectivity index (χ1v) is 2.19. The van der Waals surface area contributed by atoms with Gasteiger partial charge in [-0.25, -0.2) is 14.8 Å². The molecular weight excluding hydrogens is 104 g/mol. The number of aliphatic imine (C=N–C) groups is 2. The van der Waals surface area contributed by atoms with Crippen LogP contribution in [0.2, 0.25) is 0 Å². The molecule has 0 aliphatic carbocycles. The molecule has 0 spiro atoms. The summed E-state index contributed by atoms with van der Waals surface area (Å²) in [6, 6.07) is -0.523. The molecule has 0 aliphatic rings. The predicted octanol–water partition coefficient (Wildman–Crippen LogP) is 1.29. The van der Waals surface area contributed by atoms with Gasteiger partial charge in [-0.15, -0.1) is 0 Å². The van der Waals surface area contributed by atoms with Crippen molar-refractivity contribution in [1.82, 2.24) is 0 Å². The maximum Gasteiger partial charge on any atom is 0.366 e. The fourth-order valence-electron chi connectivity index (χ4n) is 0.227. The second kappa shape index (κ2) is 3.07. The molecule has 2 amide bonds. The number of hydrogen-bond donors (Lipinski definition) is 0. The molecule has 44 valence electrons. The molecule has 0 aromatic heterocycles. The zero-order chi connectivity index (χ0) is 6.57. The van der Waals surface area contributed by atoms with Crippen molar-refractivity contribution < 1.29 is 4.79 Å². The van der Waals surface area contributed by atoms with Gasteiger partial charge in [-0.05, 0) is 20.6 Å². The lowest BCUT2D eigenvalue weighted by Crippen LogP contribution is -1.87. The Labute approximate surface area is 48.2 Å². The molecule has 0 atom stereocenters. The van der Waals surface area contributed by atoms with E-state index in [0.717, 1.165) is 0 Å². The van der Waals surface area contributed by atoms with Gasteiger partial charge in [-0.2, -0.15) is 0 Å². The molecule has 0 fully saturated rings. The Morgan fingerprint density at radius 3 is 2.12 bits per heavy atom. The quantitative estimate of drug-likeness (QED) is 0.435. The maximum atomic E-state index is 10.2. The van der Waals surface area contributed by atoms with Crippen LogP contribution in [0.3, 0.4) is 0 Å². The number of nitrogens with zero attached hydrogens (tertiary/aromatic N) is 2. The molecule has 3 nitrogen and oxygen atoms in total. The van der Waals surface area contributed by atoms with Crippen molar-refractivity contribution in [1.29, 1.82) is 0 Å². The number of urea groups is 1. The van der Waals surface area contributed by atoms with Gasteiger partial charge in [0.05, 0.1) is 0 Å². The van der Waals surface area contributed by atoms with Gasteiger partial charge in [0.1, 0.15) is 0 Å². The molecule has 0 heterocycles. The van der Waals surface area contributed by atoms with Crippen LogP contribution in [0.25, 0.3) is 0 Å². The zero-order valence-corrected chi connectivity index (χ0v) is 5.01. The van der Waals surface area contributed by atoms with Crippen molar-refractivity contribution >= 4 is 18.5 Å². The SMILES string of the molecule is C=NC(=O)N=C(C)C. The summed E-state index contributed by atoms with van der Waals surface area (Å²) in [5.74, 6) is 0. The van der Waals surface area contributed by atoms with Crippen LogP contribution in [0, 0.1) is 0 Å². The topological polar surface area (TPSA) is 41.8 Å². The third-order valence-corrected chi connectivity index (χ3v) is 0.455. The Balaban J connectivity index is 3.89. The maximum absolute atomic E-state index is 10.2. The van der Waals surface area contributed by atoms with E-state index in [-0.39, 0.29) is 0 Å². The standard InChI is InChI=1S/C5H8N2O/c1-4(2)7-5(8)6-3/h3H2,1-2H3. The van der Waals surface area contributed by atoms with Gasteiger partial charge in [0.25, 0.3) is 0 Å². The molecular formula is C5H8N2O. The lowest BCUT2D eigenvalue weighted by Gasteiger charge is -1.81. The Bertz CT molecular complexity index is 133. The average molecular weight is 112 g/mol. The molecule has 0 N–H and O–H groups in total. The summed E-state index contributed by atoms with van der Waals surface area (Å²) in [4.78, 5) is 16.7. The Hall–Kier alpha value is -0.990. The van der Waals surface area contributed by atoms with E-state index in [4.69, 9.17) is 0 Å². The number of amides is 2. The largest absolute Gasteiger partial charge is 0.366 e. The van der Waals surface area contributed by atoms with Gasteiger partial charge >= 0.3 is 6.03 Å². The molecule has 0 radical (unpaired) electrons. The normalized spacial score (nSPS) is 7.75. The molecule has 0 saturated carbocycles. The van der Waals surface area contributed by atoms with Crippen molar-refractivity contribution in [3.05, 3.63) is 0 Å². The minimum absolute atomic E-state index is 0.523. The number of hydrogen-bond acceptors (Lipinski definition) is 1. The van der Waals surface area contributed by atoms with Crippen LogP contribution in [0.4, 0.5) is 4.79 Å². The number of carbonyl (C=O) groups excluding carboxylic acids is 1. The summed E-state index contributed by atoms with van der Waals surface area (Å²) >= 11 is 0. The molecule has 0 unspecified atom stereocenters. The van der Waals surface area contributed by atoms with Crippen molar-refractivity contribution in [3.63, 3.8) is 0 Å². The van der Waals surface area contributed by atoms with Crippen LogP contribution in [0.5, 0.6) is 0 Å². The summed E-state index contributed by atoms with van der Waals surface area (Å²) in [6.45, 7) is 6.46. The summed E-state index contributed by atoms with van der Waals surface area (Å²) in [5.41, 5.74) is 0.697. The fraction of sp³-hybridized carbons (Fsp3) is 0.400. The lowest BCUT2D eigenvalue weighted by atomic mass is 10.5. The molecule has 0 saturated heterocycles. The second-order valence-corrected chi connectivity index (χ2v) is 1.50. The number of rotatable bonds is 0. The van der Waals surface area contributed by atoms with E-state index >= 15 is 0 Å². The summed E-state index contributed by atoms with van der Waals surface area (Å²) in [5, 5.41) is 0. The molecule has 0 aromatic rings. The van der Waals surface area contributed by atoms with E-state index in [2.05, 4.69) is 16.7 Å². The second-order valence-electron chi connectivity index (χ2n) is 1.50. The van der Waals surface area contributed by atoms with E-state index in [1.807, 2.05) is 0 Å². The minimum atomic E-state index is -0.523. The average Bonchev–Trinajstić information content (AvgIpc) is 1.65. The highest BCUT2D eigenvalue weighted by Crippen LogP contribution is 1.80. The van der Waals surface area contributed by atoms with Gasteiger partial charge in [0, 0.05) is 5.71 Å². The molecule has 0 rings (SSSR count). The first kappa shape index (κ1) is 7.01. The molecule has 0 bridgehead atoms. The summed E-state index contributed by atoms with van der Waals surface area (Å²) in [7, 11) is 0. The highest BCUT2D eigenvalue weighted by atomic mass is 16.2. The van der Waals surface area contributed by atoms with Crippen LogP contribution in [-0.2, 0) is 0 Å². The smallest absolute Gasteiger partial charge is 0.244 e. The van der Waals surface area contributed by atoms with Crippen molar-refractivity contribution in [3.8, 4) is 0 Å². The lowest BCUT2D eigenvalue weighted by molar-refractivity contribution is 0.257. The van der Waals surface area contributed by atoms with Crippen molar-refractivity contribution in [2.45, 2.75) is 13.8 Å². The Kier molecular flexibility index (Phi) is 2.69. The highest BCUT2D eigenvalue weighted by molar-refractivity contribution is 5.93. The highest BCUT2D eigenvalue weighted by Gasteiger charge is 1.86. The van der Waals surface area contributed by atoms with Crippen molar-refractivity contribution in [2.24, 2.45) is 9.98 Å². The first-order valence-electron chi connectivity index (χ1n) is 2.19. The van der Waals surface area contributed by atoms with Gasteiger partial charge < -0.3 is 0 Å². The third-order valence-electron chi connectivity index (χ3n) is 0.455. The zero-order valence-electron chi connectivity index (χ0n) is 5.01. The van der Waals surface area contributed by atoms with Crippen LogP contribution in [0.1, 0.15) is 13.8 Å². The molecule has 3 heteroatoms. The van der Waals surface area contributed by atoms with Crippen LogP contribution >= 0.6 is 0 Å². The molecule has 0 aliphatic heterocycles. The van der Waals surface area contributed by atoms with Crippen LogP contribution in [-0.4, -0.2) is 18.5 Å². The van der Waals surface area contributed by atoms with E-state index in [1.165, 1.54) is 0 Å². The minimum Gasteiger partial charge on any atom is -0.244 e. The Morgan fingerprint density at radius 1 is 1.50 bits per heavy atom. The summed E-state index contributed by atoms with van der Waals surface area (Å²) < 4.78 is 0. The van der Waals surface area contributed by atoms with Crippen LogP contribution in [0.15, 0.2) is 9.98 Å². The monoisotopic (exact) mass is 112 g/mol. The third kappa shape index (κ3) is 3.21. The van der Waals surface area contributed by atoms with Gasteiger partial charge in [-0.1, -0.05) is 0 Å². The molecule has 8 heavy (non-hydrogen) atoms. The Morgan fingerprint density at radius 2 is 2.00 bits per heavy atom. The van der Waals surface area contributed by atoms with Gasteiger partial charge in [0.2, 0.25) is 0 Å². The van der Waals surface area contributed by atoms with Gasteiger partial charge in [-0.3, -0.25) is 0 Å². The van der Waals surface area contributed by atoms with E-state index < -0.39 is 6.03 Å². The van der Waals surface area contributed by atoms with Crippen LogP contribution < -0.4 is 0 Å². The first-order chi connectivity index (χ1) is 3.66. The fourth-order valence-corrected chi connectivity index (χ4v) is 0.227. The van der Waals surface area contributed by atoms with E-state index in [1.54, 1.807) is 13.8 Å². The molecule has 0 aromatic carbocycles. The predicted molar refractivity (Wildman–Crippen MR) is 33.7 cm³/mol. The van der Waals surface area contributed by atoms with E-state index in [0.29, 0.717) is 5.71 Å². The van der Waals surface area contributed by atoms with E-state index in [9.17, 15) is 4.79 Å². The summed E-state index contributed by atoms with van der Waals surface area (Å²) in [6.07, 6.45) is 0.